The number of nitrogens with zero attached hydrogens (tertiary/aromatic N) is 6. The van der Waals surface area contributed by atoms with Gasteiger partial charge < -0.3 is 14.6 Å². The Balaban J connectivity index is 1.30. The molecule has 0 saturated carbocycles. The highest BCUT2D eigenvalue weighted by molar-refractivity contribution is 7.90. The van der Waals surface area contributed by atoms with Gasteiger partial charge in [-0.15, -0.1) is 0 Å². The second-order valence-electron chi connectivity index (χ2n) is 12.9. The summed E-state index contributed by atoms with van der Waals surface area (Å²) in [7, 11) is -0.912. The zero-order valence-corrected chi connectivity index (χ0v) is 29.1. The lowest BCUT2D eigenvalue weighted by atomic mass is 10.0. The number of piperidine rings is 1. The Labute approximate surface area is 283 Å². The Kier molecular flexibility index (Phi) is 10.3. The summed E-state index contributed by atoms with van der Waals surface area (Å²) in [5.41, 5.74) is -0.552. The number of esters is 1. The highest BCUT2D eigenvalue weighted by Crippen LogP contribution is 2.30. The van der Waals surface area contributed by atoms with E-state index in [-0.39, 0.29) is 30.7 Å². The number of halogens is 2. The van der Waals surface area contributed by atoms with Crippen LogP contribution in [0.1, 0.15) is 56.5 Å². The molecule has 1 aliphatic heterocycles. The van der Waals surface area contributed by atoms with Crippen LogP contribution < -0.4 is 9.62 Å². The van der Waals surface area contributed by atoms with Gasteiger partial charge in [-0.25, -0.2) is 23.7 Å². The molecule has 0 bridgehead atoms. The number of rotatable bonds is 11. The lowest BCUT2D eigenvalue weighted by Crippen LogP contribution is -2.46. The number of aromatic amines is 1. The van der Waals surface area contributed by atoms with E-state index in [2.05, 4.69) is 29.6 Å². The van der Waals surface area contributed by atoms with Crippen molar-refractivity contribution < 1.29 is 31.5 Å². The minimum atomic E-state index is -4.13. The molecule has 0 radical (unpaired) electrons. The van der Waals surface area contributed by atoms with E-state index >= 15 is 4.39 Å². The van der Waals surface area contributed by atoms with Gasteiger partial charge in [0.25, 0.3) is 0 Å². The molecule has 1 aliphatic rings. The Hall–Kier alpha value is -4.54. The lowest BCUT2D eigenvalue weighted by molar-refractivity contribution is -0.156. The number of ketones is 1. The number of ether oxygens (including phenoxy) is 1. The normalized spacial score (nSPS) is 14.5. The van der Waals surface area contributed by atoms with Crippen molar-refractivity contribution in [2.45, 2.75) is 52.2 Å². The van der Waals surface area contributed by atoms with Crippen LogP contribution >= 0.6 is 0 Å². The number of hydrogen-bond acceptors (Lipinski definition) is 10. The quantitative estimate of drug-likeness (QED) is 0.170. The smallest absolute Gasteiger partial charge is 0.320 e. The predicted molar refractivity (Wildman–Crippen MR) is 181 cm³/mol. The third-order valence-corrected chi connectivity index (χ3v) is 9.89. The van der Waals surface area contributed by atoms with Crippen LogP contribution in [0.5, 0.6) is 0 Å². The van der Waals surface area contributed by atoms with Crippen molar-refractivity contribution in [2.24, 2.45) is 0 Å². The molecule has 0 atom stereocenters. The number of hydrogen-bond donors (Lipinski definition) is 2. The Bertz CT molecular complexity index is 1960. The SMILES string of the molecule is CCN(C)S(=O)(=O)Nc1ccc(F)c(C(=O)c2c[nH]c3ncc(-c4cnc(N5CCC(N(C)CC(=O)OC(C)(C)C)CC5)nc4)cc23)c1F. The Morgan fingerprint density at radius 3 is 2.35 bits per heavy atom. The predicted octanol–water partition coefficient (Wildman–Crippen LogP) is 4.38. The molecule has 0 amide bonds. The van der Waals surface area contributed by atoms with Gasteiger partial charge in [0.05, 0.1) is 17.8 Å². The number of likely N-dealkylation sites (N-methyl/N-ethyl adjacent to an activating group) is 1. The van der Waals surface area contributed by atoms with E-state index in [0.717, 1.165) is 29.3 Å². The molecule has 0 unspecified atom stereocenters. The van der Waals surface area contributed by atoms with Gasteiger partial charge in [-0.3, -0.25) is 19.2 Å². The maximum atomic E-state index is 15.5. The van der Waals surface area contributed by atoms with E-state index in [1.165, 1.54) is 13.2 Å². The maximum absolute atomic E-state index is 15.5. The largest absolute Gasteiger partial charge is 0.459 e. The molecule has 4 aromatic rings. The summed E-state index contributed by atoms with van der Waals surface area (Å²) in [5, 5.41) is 0.305. The highest BCUT2D eigenvalue weighted by atomic mass is 32.2. The first-order valence-corrected chi connectivity index (χ1v) is 17.2. The van der Waals surface area contributed by atoms with Gasteiger partial charge in [0, 0.05) is 79.6 Å². The Morgan fingerprint density at radius 2 is 1.71 bits per heavy atom. The molecule has 13 nitrogen and oxygen atoms in total. The van der Waals surface area contributed by atoms with Gasteiger partial charge in [0.2, 0.25) is 11.7 Å². The molecule has 4 heterocycles. The van der Waals surface area contributed by atoms with E-state index in [4.69, 9.17) is 4.74 Å². The maximum Gasteiger partial charge on any atom is 0.320 e. The lowest BCUT2D eigenvalue weighted by Gasteiger charge is -2.36. The van der Waals surface area contributed by atoms with Gasteiger partial charge >= 0.3 is 16.2 Å². The summed E-state index contributed by atoms with van der Waals surface area (Å²) in [4.78, 5) is 46.2. The fourth-order valence-corrected chi connectivity index (χ4v) is 6.49. The molecule has 3 aromatic heterocycles. The average molecular weight is 699 g/mol. The highest BCUT2D eigenvalue weighted by Gasteiger charge is 2.28. The molecule has 49 heavy (non-hydrogen) atoms. The zero-order chi connectivity index (χ0) is 35.7. The number of fused-ring (bicyclic) bond motifs is 1. The van der Waals surface area contributed by atoms with Crippen LogP contribution in [-0.2, 0) is 19.7 Å². The summed E-state index contributed by atoms with van der Waals surface area (Å²) < 4.78 is 63.8. The van der Waals surface area contributed by atoms with Crippen LogP contribution in [0.3, 0.4) is 0 Å². The van der Waals surface area contributed by atoms with E-state index in [1.54, 1.807) is 31.6 Å². The van der Waals surface area contributed by atoms with Gasteiger partial charge in [-0.1, -0.05) is 6.92 Å². The van der Waals surface area contributed by atoms with E-state index in [9.17, 15) is 22.4 Å². The van der Waals surface area contributed by atoms with Crippen molar-refractivity contribution in [1.82, 2.24) is 29.1 Å². The molecule has 1 saturated heterocycles. The molecule has 1 aromatic carbocycles. The molecular formula is C33H40F2N8O5S. The van der Waals surface area contributed by atoms with E-state index in [1.807, 2.05) is 32.7 Å². The summed E-state index contributed by atoms with van der Waals surface area (Å²) >= 11 is 0. The fraction of sp³-hybridized carbons (Fsp3) is 0.424. The number of carbonyl (C=O) groups excluding carboxylic acids is 2. The number of carbonyl (C=O) groups is 2. The molecule has 1 fully saturated rings. The standard InChI is InChI=1S/C33H40F2N8O5S/c1-7-42(6)49(46,47)40-26-9-8-25(34)28(29(26)35)30(45)24-18-37-31-23(24)14-20(15-36-31)21-16-38-32(39-17-21)43-12-10-22(11-13-43)41(5)19-27(44)48-33(2,3)4/h8-9,14-18,22,40H,7,10-13,19H2,1-6H3,(H,36,37). The number of nitrogens with one attached hydrogen (secondary N) is 2. The van der Waals surface area contributed by atoms with Crippen molar-refractivity contribution in [3.05, 3.63) is 65.7 Å². The summed E-state index contributed by atoms with van der Waals surface area (Å²) in [6.07, 6.45) is 7.80. The molecule has 5 rings (SSSR count). The summed E-state index contributed by atoms with van der Waals surface area (Å²) in [6.45, 7) is 8.87. The van der Waals surface area contributed by atoms with Gasteiger partial charge in [0.15, 0.2) is 5.82 Å². The number of H-pyrrole nitrogens is 1. The third kappa shape index (κ3) is 8.03. The number of pyridine rings is 1. The first kappa shape index (κ1) is 35.8. The van der Waals surface area contributed by atoms with Crippen molar-refractivity contribution in [1.29, 1.82) is 0 Å². The second kappa shape index (κ2) is 14.1. The van der Waals surface area contributed by atoms with Crippen LogP contribution in [0, 0.1) is 11.6 Å². The van der Waals surface area contributed by atoms with Crippen molar-refractivity contribution in [3.8, 4) is 11.1 Å². The Morgan fingerprint density at radius 1 is 1.06 bits per heavy atom. The molecule has 2 N–H and O–H groups in total. The van der Waals surface area contributed by atoms with Crippen molar-refractivity contribution in [2.75, 3.05) is 49.9 Å². The molecule has 16 heteroatoms. The third-order valence-electron chi connectivity index (χ3n) is 8.33. The first-order valence-electron chi connectivity index (χ1n) is 15.8. The summed E-state index contributed by atoms with van der Waals surface area (Å²) in [5.74, 6) is -3.17. The molecule has 0 spiro atoms. The monoisotopic (exact) mass is 698 g/mol. The fourth-order valence-electron chi connectivity index (χ4n) is 5.56. The van der Waals surface area contributed by atoms with Crippen molar-refractivity contribution >= 4 is 44.6 Å². The molecular weight excluding hydrogens is 658 g/mol. The topological polar surface area (TPSA) is 154 Å². The van der Waals surface area contributed by atoms with Crippen LogP contribution in [0.4, 0.5) is 20.4 Å². The molecule has 262 valence electrons. The van der Waals surface area contributed by atoms with Crippen LogP contribution in [0.25, 0.3) is 22.2 Å². The molecule has 0 aliphatic carbocycles. The van der Waals surface area contributed by atoms with Gasteiger partial charge in [-0.2, -0.15) is 12.7 Å². The average Bonchev–Trinajstić information content (AvgIpc) is 3.48. The van der Waals surface area contributed by atoms with Gasteiger partial charge in [0.1, 0.15) is 17.1 Å². The number of benzene rings is 1. The van der Waals surface area contributed by atoms with Crippen LogP contribution in [0.15, 0.2) is 43.0 Å². The van der Waals surface area contributed by atoms with Gasteiger partial charge in [-0.05, 0) is 58.9 Å². The van der Waals surface area contributed by atoms with Crippen LogP contribution in [-0.4, -0.2) is 101 Å². The minimum absolute atomic E-state index is 0.0510. The van der Waals surface area contributed by atoms with E-state index < -0.39 is 44.5 Å². The van der Waals surface area contributed by atoms with E-state index in [0.29, 0.717) is 41.2 Å². The zero-order valence-electron chi connectivity index (χ0n) is 28.3. The summed E-state index contributed by atoms with van der Waals surface area (Å²) in [6, 6.07) is 3.63. The first-order chi connectivity index (χ1) is 23.1. The number of aromatic nitrogens is 4. The second-order valence-corrected chi connectivity index (χ2v) is 14.7. The van der Waals surface area contributed by atoms with Crippen LogP contribution in [0.2, 0.25) is 0 Å². The number of anilines is 2. The minimum Gasteiger partial charge on any atom is -0.459 e. The van der Waals surface area contributed by atoms with Crippen molar-refractivity contribution in [3.63, 3.8) is 0 Å².